The fourth-order valence-electron chi connectivity index (χ4n) is 1.23. The maximum Gasteiger partial charge on any atom is 0.409 e. The van der Waals surface area contributed by atoms with Gasteiger partial charge in [0.15, 0.2) is 0 Å². The molecule has 2 nitrogen and oxygen atoms in total. The van der Waals surface area contributed by atoms with Crippen molar-refractivity contribution in [3.63, 3.8) is 0 Å². The minimum atomic E-state index is -4.50. The van der Waals surface area contributed by atoms with Crippen LogP contribution >= 0.6 is 0 Å². The lowest BCUT2D eigenvalue weighted by atomic mass is 10.0. The molecular weight excluding hydrogens is 212 g/mol. The molecule has 0 aliphatic heterocycles. The maximum atomic E-state index is 12.8. The molecule has 1 atom stereocenters. The lowest BCUT2D eigenvalue weighted by Gasteiger charge is -2.19. The fourth-order valence-corrected chi connectivity index (χ4v) is 1.23. The number of nitrogens with two attached hydrogens (primary N) is 1. The van der Waals surface area contributed by atoms with Crippen molar-refractivity contribution in [2.75, 3.05) is 0 Å². The predicted molar refractivity (Wildman–Crippen MR) is 47.3 cm³/mol. The van der Waals surface area contributed by atoms with Gasteiger partial charge in [-0.3, -0.25) is 5.84 Å². The van der Waals surface area contributed by atoms with E-state index in [4.69, 9.17) is 5.84 Å². The highest BCUT2D eigenvalue weighted by atomic mass is 19.4. The summed E-state index contributed by atoms with van der Waals surface area (Å²) in [6.45, 7) is 1.39. The third-order valence-corrected chi connectivity index (χ3v) is 2.01. The summed E-state index contributed by atoms with van der Waals surface area (Å²) in [5.74, 6) is 4.27. The molecule has 6 heteroatoms. The summed E-state index contributed by atoms with van der Waals surface area (Å²) in [5, 5.41) is 0. The van der Waals surface area contributed by atoms with Crippen LogP contribution in [0.25, 0.3) is 0 Å². The molecule has 0 fully saturated rings. The van der Waals surface area contributed by atoms with E-state index in [-0.39, 0.29) is 11.1 Å². The van der Waals surface area contributed by atoms with E-state index in [2.05, 4.69) is 0 Å². The molecule has 15 heavy (non-hydrogen) atoms. The van der Waals surface area contributed by atoms with Crippen molar-refractivity contribution in [3.05, 3.63) is 35.1 Å². The van der Waals surface area contributed by atoms with E-state index in [0.29, 0.717) is 0 Å². The first kappa shape index (κ1) is 11.9. The number of halogens is 4. The zero-order chi connectivity index (χ0) is 11.6. The van der Waals surface area contributed by atoms with E-state index in [9.17, 15) is 17.6 Å². The Balaban J connectivity index is 3.08. The third kappa shape index (κ3) is 2.66. The Labute approximate surface area is 84.0 Å². The van der Waals surface area contributed by atoms with Crippen LogP contribution in [0.1, 0.15) is 17.2 Å². The molecule has 1 unspecified atom stereocenters. The highest BCUT2D eigenvalue weighted by Crippen LogP contribution is 2.32. The van der Waals surface area contributed by atoms with Crippen LogP contribution in [0.15, 0.2) is 18.2 Å². The highest BCUT2D eigenvalue weighted by Gasteiger charge is 2.40. The van der Waals surface area contributed by atoms with Crippen LogP contribution in [-0.4, -0.2) is 6.18 Å². The van der Waals surface area contributed by atoms with Gasteiger partial charge in [0.2, 0.25) is 0 Å². The van der Waals surface area contributed by atoms with Gasteiger partial charge < -0.3 is 0 Å². The van der Waals surface area contributed by atoms with E-state index in [1.165, 1.54) is 6.92 Å². The van der Waals surface area contributed by atoms with Crippen molar-refractivity contribution in [2.45, 2.75) is 19.1 Å². The number of aryl methyl sites for hydroxylation is 1. The van der Waals surface area contributed by atoms with Crippen molar-refractivity contribution < 1.29 is 17.6 Å². The molecule has 0 bridgehead atoms. The van der Waals surface area contributed by atoms with Crippen LogP contribution in [0.5, 0.6) is 0 Å². The SMILES string of the molecule is Cc1cc(C(NN)C(F)(F)F)ccc1F. The first-order valence-corrected chi connectivity index (χ1v) is 4.15. The number of nitrogens with one attached hydrogen (secondary N) is 1. The molecule has 0 aliphatic rings. The lowest BCUT2D eigenvalue weighted by molar-refractivity contribution is -0.157. The minimum Gasteiger partial charge on any atom is -0.271 e. The van der Waals surface area contributed by atoms with Crippen LogP contribution in [-0.2, 0) is 0 Å². The Morgan fingerprint density at radius 3 is 2.33 bits per heavy atom. The van der Waals surface area contributed by atoms with Gasteiger partial charge in [-0.25, -0.2) is 9.82 Å². The van der Waals surface area contributed by atoms with Gasteiger partial charge in [-0.1, -0.05) is 12.1 Å². The Bertz CT molecular complexity index is 348. The molecule has 0 spiro atoms. The van der Waals surface area contributed by atoms with Gasteiger partial charge in [0, 0.05) is 0 Å². The van der Waals surface area contributed by atoms with Gasteiger partial charge in [-0.15, -0.1) is 0 Å². The molecule has 1 aromatic rings. The summed E-state index contributed by atoms with van der Waals surface area (Å²) < 4.78 is 50.0. The van der Waals surface area contributed by atoms with Gasteiger partial charge in [0.1, 0.15) is 11.9 Å². The topological polar surface area (TPSA) is 38.0 Å². The molecule has 0 saturated heterocycles. The largest absolute Gasteiger partial charge is 0.409 e. The first-order valence-electron chi connectivity index (χ1n) is 4.15. The van der Waals surface area contributed by atoms with Crippen molar-refractivity contribution in [3.8, 4) is 0 Å². The van der Waals surface area contributed by atoms with Crippen molar-refractivity contribution in [2.24, 2.45) is 5.84 Å². The molecule has 0 radical (unpaired) electrons. The molecule has 1 rings (SSSR count). The Morgan fingerprint density at radius 2 is 1.93 bits per heavy atom. The summed E-state index contributed by atoms with van der Waals surface area (Å²) in [7, 11) is 0. The maximum absolute atomic E-state index is 12.8. The first-order chi connectivity index (χ1) is 6.86. The van der Waals surface area contributed by atoms with Crippen LogP contribution in [0, 0.1) is 12.7 Å². The fraction of sp³-hybridized carbons (Fsp3) is 0.333. The second-order valence-electron chi connectivity index (χ2n) is 3.15. The molecular formula is C9H10F4N2. The van der Waals surface area contributed by atoms with E-state index in [0.717, 1.165) is 18.2 Å². The van der Waals surface area contributed by atoms with Gasteiger partial charge in [0.05, 0.1) is 0 Å². The molecule has 0 aromatic heterocycles. The van der Waals surface area contributed by atoms with Crippen LogP contribution in [0.3, 0.4) is 0 Å². The Kier molecular flexibility index (Phi) is 3.31. The molecule has 0 saturated carbocycles. The second-order valence-corrected chi connectivity index (χ2v) is 3.15. The molecule has 0 heterocycles. The second kappa shape index (κ2) is 4.16. The molecule has 3 N–H and O–H groups in total. The van der Waals surface area contributed by atoms with E-state index >= 15 is 0 Å². The highest BCUT2D eigenvalue weighted by molar-refractivity contribution is 5.27. The molecule has 84 valence electrons. The molecule has 0 aliphatic carbocycles. The van der Waals surface area contributed by atoms with E-state index < -0.39 is 18.0 Å². The molecule has 0 amide bonds. The minimum absolute atomic E-state index is 0.107. The van der Waals surface area contributed by atoms with Crippen molar-refractivity contribution >= 4 is 0 Å². The summed E-state index contributed by atoms with van der Waals surface area (Å²) in [5.41, 5.74) is 1.70. The van der Waals surface area contributed by atoms with Crippen LogP contribution in [0.4, 0.5) is 17.6 Å². The Morgan fingerprint density at radius 1 is 1.33 bits per heavy atom. The van der Waals surface area contributed by atoms with E-state index in [1.54, 1.807) is 5.43 Å². The van der Waals surface area contributed by atoms with Gasteiger partial charge in [0.25, 0.3) is 0 Å². The normalized spacial score (nSPS) is 14.0. The third-order valence-electron chi connectivity index (χ3n) is 2.01. The Hall–Kier alpha value is -1.14. The number of alkyl halides is 3. The van der Waals surface area contributed by atoms with Crippen molar-refractivity contribution in [1.82, 2.24) is 5.43 Å². The van der Waals surface area contributed by atoms with Crippen molar-refractivity contribution in [1.29, 1.82) is 0 Å². The molecule has 1 aromatic carbocycles. The number of hydrazine groups is 1. The van der Waals surface area contributed by atoms with Gasteiger partial charge in [-0.2, -0.15) is 13.2 Å². The zero-order valence-electron chi connectivity index (χ0n) is 7.90. The quantitative estimate of drug-likeness (QED) is 0.457. The predicted octanol–water partition coefficient (Wildman–Crippen LogP) is 2.20. The average molecular weight is 222 g/mol. The lowest BCUT2D eigenvalue weighted by Crippen LogP contribution is -2.38. The summed E-state index contributed by atoms with van der Waals surface area (Å²) in [6.07, 6.45) is -4.50. The smallest absolute Gasteiger partial charge is 0.271 e. The number of hydrogen-bond donors (Lipinski definition) is 2. The van der Waals surface area contributed by atoms with E-state index in [1.807, 2.05) is 0 Å². The van der Waals surface area contributed by atoms with Crippen LogP contribution in [0.2, 0.25) is 0 Å². The zero-order valence-corrected chi connectivity index (χ0v) is 7.90. The monoisotopic (exact) mass is 222 g/mol. The van der Waals surface area contributed by atoms with Crippen LogP contribution < -0.4 is 11.3 Å². The summed E-state index contributed by atoms with van der Waals surface area (Å²) in [6, 6.07) is 1.19. The number of benzene rings is 1. The summed E-state index contributed by atoms with van der Waals surface area (Å²) >= 11 is 0. The number of rotatable bonds is 2. The average Bonchev–Trinajstić information content (AvgIpc) is 2.10. The van der Waals surface area contributed by atoms with Gasteiger partial charge in [-0.05, 0) is 24.1 Å². The summed E-state index contributed by atoms with van der Waals surface area (Å²) in [4.78, 5) is 0. The number of hydrogen-bond acceptors (Lipinski definition) is 2. The standard InChI is InChI=1S/C9H10F4N2/c1-5-4-6(2-3-7(5)10)8(15-14)9(11,12)13/h2-4,8,15H,14H2,1H3. The van der Waals surface area contributed by atoms with Gasteiger partial charge >= 0.3 is 6.18 Å².